The Labute approximate surface area is 220 Å². The summed E-state index contributed by atoms with van der Waals surface area (Å²) < 4.78 is 17.1. The minimum atomic E-state index is -0.324. The van der Waals surface area contributed by atoms with Crippen molar-refractivity contribution in [2.45, 2.75) is 52.5 Å². The van der Waals surface area contributed by atoms with Crippen LogP contribution < -0.4 is 14.4 Å². The highest BCUT2D eigenvalue weighted by Crippen LogP contribution is 2.31. The summed E-state index contributed by atoms with van der Waals surface area (Å²) in [5.74, 6) is 1.85. The first kappa shape index (κ1) is 26.5. The number of pyridine rings is 1. The van der Waals surface area contributed by atoms with E-state index < -0.39 is 0 Å². The molecule has 7 heteroatoms. The predicted octanol–water partition coefficient (Wildman–Crippen LogP) is 5.34. The standard InChI is InChI=1S/C30H37N3O4/c1-5-32(19-24-13-14-27(28(18-24)35-4)36-21-23-10-7-6-8-11-23)25-15-17-33(20-25)29-26(12-9-16-31-29)30(34)37-22(2)3/h6-14,16,18,22,25H,5,15,17,19-21H2,1-4H3/t25-/m0/s1. The van der Waals surface area contributed by atoms with Gasteiger partial charge >= 0.3 is 5.97 Å². The number of hydrogen-bond acceptors (Lipinski definition) is 7. The Morgan fingerprint density at radius 3 is 2.62 bits per heavy atom. The highest BCUT2D eigenvalue weighted by molar-refractivity contribution is 5.95. The maximum atomic E-state index is 12.6. The summed E-state index contributed by atoms with van der Waals surface area (Å²) in [7, 11) is 1.68. The minimum absolute atomic E-state index is 0.172. The monoisotopic (exact) mass is 503 g/mol. The Bertz CT molecular complexity index is 1170. The van der Waals surface area contributed by atoms with Crippen LogP contribution in [0.5, 0.6) is 11.5 Å². The number of hydrogen-bond donors (Lipinski definition) is 0. The first-order chi connectivity index (χ1) is 18.0. The van der Waals surface area contributed by atoms with E-state index in [0.29, 0.717) is 24.0 Å². The van der Waals surface area contributed by atoms with E-state index in [9.17, 15) is 4.79 Å². The van der Waals surface area contributed by atoms with Crippen LogP contribution in [-0.2, 0) is 17.9 Å². The van der Waals surface area contributed by atoms with Gasteiger partial charge in [0.2, 0.25) is 0 Å². The second kappa shape index (κ2) is 12.6. The molecule has 2 aromatic carbocycles. The molecule has 0 bridgehead atoms. The van der Waals surface area contributed by atoms with Crippen LogP contribution in [0.2, 0.25) is 0 Å². The minimum Gasteiger partial charge on any atom is -0.493 e. The Kier molecular flexibility index (Phi) is 9.01. The number of benzene rings is 2. The molecule has 3 aromatic rings. The van der Waals surface area contributed by atoms with E-state index >= 15 is 0 Å². The molecule has 0 spiro atoms. The zero-order valence-electron chi connectivity index (χ0n) is 22.2. The van der Waals surface area contributed by atoms with Gasteiger partial charge in [0.25, 0.3) is 0 Å². The highest BCUT2D eigenvalue weighted by atomic mass is 16.5. The van der Waals surface area contributed by atoms with Gasteiger partial charge in [-0.2, -0.15) is 0 Å². The molecule has 0 aliphatic carbocycles. The van der Waals surface area contributed by atoms with Crippen molar-refractivity contribution in [1.29, 1.82) is 0 Å². The van der Waals surface area contributed by atoms with Crippen LogP contribution in [0.3, 0.4) is 0 Å². The molecule has 1 aliphatic rings. The summed E-state index contributed by atoms with van der Waals surface area (Å²) in [5.41, 5.74) is 2.81. The van der Waals surface area contributed by atoms with E-state index in [4.69, 9.17) is 14.2 Å². The second-order valence-electron chi connectivity index (χ2n) is 9.54. The molecule has 1 fully saturated rings. The zero-order valence-corrected chi connectivity index (χ0v) is 22.2. The lowest BCUT2D eigenvalue weighted by molar-refractivity contribution is 0.0378. The van der Waals surface area contributed by atoms with Crippen molar-refractivity contribution in [1.82, 2.24) is 9.88 Å². The molecule has 37 heavy (non-hydrogen) atoms. The molecule has 4 rings (SSSR count). The molecule has 0 unspecified atom stereocenters. The fraction of sp³-hybridized carbons (Fsp3) is 0.400. The van der Waals surface area contributed by atoms with Gasteiger partial charge in [-0.05, 0) is 62.2 Å². The number of esters is 1. The van der Waals surface area contributed by atoms with Crippen LogP contribution in [0, 0.1) is 0 Å². The molecule has 0 radical (unpaired) electrons. The molecule has 2 heterocycles. The molecule has 7 nitrogen and oxygen atoms in total. The van der Waals surface area contributed by atoms with Crippen LogP contribution in [-0.4, -0.2) is 54.7 Å². The van der Waals surface area contributed by atoms with Gasteiger partial charge in [0.15, 0.2) is 11.5 Å². The number of carbonyl (C=O) groups is 1. The molecule has 0 N–H and O–H groups in total. The molecular formula is C30H37N3O4. The van der Waals surface area contributed by atoms with Crippen LogP contribution in [0.4, 0.5) is 5.82 Å². The van der Waals surface area contributed by atoms with Gasteiger partial charge in [-0.1, -0.05) is 43.3 Å². The maximum Gasteiger partial charge on any atom is 0.342 e. The normalized spacial score (nSPS) is 15.3. The third-order valence-corrected chi connectivity index (χ3v) is 6.59. The number of likely N-dealkylation sites (N-methyl/N-ethyl adjacent to an activating group) is 1. The third-order valence-electron chi connectivity index (χ3n) is 6.59. The number of anilines is 1. The quantitative estimate of drug-likeness (QED) is 0.328. The van der Waals surface area contributed by atoms with Gasteiger partial charge in [0, 0.05) is 31.9 Å². The topological polar surface area (TPSA) is 64.1 Å². The summed E-state index contributed by atoms with van der Waals surface area (Å²) >= 11 is 0. The average molecular weight is 504 g/mol. The summed E-state index contributed by atoms with van der Waals surface area (Å²) in [5, 5.41) is 0. The smallest absolute Gasteiger partial charge is 0.342 e. The van der Waals surface area contributed by atoms with E-state index in [1.165, 1.54) is 5.56 Å². The maximum absolute atomic E-state index is 12.6. The summed E-state index contributed by atoms with van der Waals surface area (Å²) in [6, 6.07) is 20.2. The van der Waals surface area contributed by atoms with Gasteiger partial charge in [0.05, 0.1) is 13.2 Å². The lowest BCUT2D eigenvalue weighted by Gasteiger charge is -2.28. The van der Waals surface area contributed by atoms with Crippen molar-refractivity contribution in [3.8, 4) is 11.5 Å². The number of carbonyl (C=O) groups excluding carboxylic acids is 1. The van der Waals surface area contributed by atoms with E-state index in [1.807, 2.05) is 50.2 Å². The van der Waals surface area contributed by atoms with Crippen molar-refractivity contribution < 1.29 is 19.0 Å². The van der Waals surface area contributed by atoms with Crippen LogP contribution in [0.15, 0.2) is 66.9 Å². The summed E-state index contributed by atoms with van der Waals surface area (Å²) in [6.07, 6.45) is 2.56. The lowest BCUT2D eigenvalue weighted by atomic mass is 10.1. The summed E-state index contributed by atoms with van der Waals surface area (Å²) in [4.78, 5) is 21.8. The van der Waals surface area contributed by atoms with Gasteiger partial charge in [-0.25, -0.2) is 9.78 Å². The van der Waals surface area contributed by atoms with Crippen LogP contribution in [0.25, 0.3) is 0 Å². The van der Waals surface area contributed by atoms with Gasteiger partial charge in [0.1, 0.15) is 18.0 Å². The molecule has 1 aliphatic heterocycles. The fourth-order valence-electron chi connectivity index (χ4n) is 4.72. The Morgan fingerprint density at radius 2 is 1.89 bits per heavy atom. The highest BCUT2D eigenvalue weighted by Gasteiger charge is 2.30. The molecule has 1 aromatic heterocycles. The molecule has 0 amide bonds. The lowest BCUT2D eigenvalue weighted by Crippen LogP contribution is -2.37. The average Bonchev–Trinajstić information content (AvgIpc) is 3.41. The molecule has 196 valence electrons. The molecule has 1 saturated heterocycles. The summed E-state index contributed by atoms with van der Waals surface area (Å²) in [6.45, 7) is 9.76. The first-order valence-corrected chi connectivity index (χ1v) is 13.0. The van der Waals surface area contributed by atoms with E-state index in [-0.39, 0.29) is 12.1 Å². The van der Waals surface area contributed by atoms with Crippen LogP contribution >= 0.6 is 0 Å². The number of nitrogens with zero attached hydrogens (tertiary/aromatic N) is 3. The van der Waals surface area contributed by atoms with E-state index in [2.05, 4.69) is 33.8 Å². The Hall–Kier alpha value is -3.58. The Morgan fingerprint density at radius 1 is 1.08 bits per heavy atom. The number of aromatic nitrogens is 1. The van der Waals surface area contributed by atoms with Crippen molar-refractivity contribution in [3.63, 3.8) is 0 Å². The van der Waals surface area contributed by atoms with Gasteiger partial charge < -0.3 is 19.1 Å². The van der Waals surface area contributed by atoms with Crippen molar-refractivity contribution in [2.24, 2.45) is 0 Å². The fourth-order valence-corrected chi connectivity index (χ4v) is 4.72. The molecule has 1 atom stereocenters. The van der Waals surface area contributed by atoms with E-state index in [1.54, 1.807) is 25.4 Å². The number of ether oxygens (including phenoxy) is 3. The number of rotatable bonds is 11. The molecule has 0 saturated carbocycles. The zero-order chi connectivity index (χ0) is 26.2. The van der Waals surface area contributed by atoms with Crippen LogP contribution in [0.1, 0.15) is 48.7 Å². The SMILES string of the molecule is CCN(Cc1ccc(OCc2ccccc2)c(OC)c1)[C@H]1CCN(c2ncccc2C(=O)OC(C)C)C1. The predicted molar refractivity (Wildman–Crippen MR) is 145 cm³/mol. The van der Waals surface area contributed by atoms with E-state index in [0.717, 1.165) is 49.7 Å². The molecular weight excluding hydrogens is 466 g/mol. The van der Waals surface area contributed by atoms with Gasteiger partial charge in [-0.15, -0.1) is 0 Å². The second-order valence-corrected chi connectivity index (χ2v) is 9.54. The third kappa shape index (κ3) is 6.80. The number of methoxy groups -OCH3 is 1. The Balaban J connectivity index is 1.41. The largest absolute Gasteiger partial charge is 0.493 e. The van der Waals surface area contributed by atoms with Crippen molar-refractivity contribution in [3.05, 3.63) is 83.6 Å². The van der Waals surface area contributed by atoms with Crippen molar-refractivity contribution in [2.75, 3.05) is 31.6 Å². The van der Waals surface area contributed by atoms with Crippen molar-refractivity contribution >= 4 is 11.8 Å². The van der Waals surface area contributed by atoms with Gasteiger partial charge in [-0.3, -0.25) is 4.90 Å². The first-order valence-electron chi connectivity index (χ1n) is 13.0.